The third-order valence-electron chi connectivity index (χ3n) is 0.650. The van der Waals surface area contributed by atoms with Crippen molar-refractivity contribution in [1.29, 1.82) is 0 Å². The Morgan fingerprint density at radius 1 is 1.60 bits per heavy atom. The van der Waals surface area contributed by atoms with Gasteiger partial charge in [-0.1, -0.05) is 34.8 Å². The third kappa shape index (κ3) is 4.17. The monoisotopic (exact) mass is 205 g/mol. The minimum Gasteiger partial charge on any atom is -0.369 e. The second-order valence-electron chi connectivity index (χ2n) is 1.64. The topological polar surface area (TPSA) is 49.3 Å². The Balaban J connectivity index is 3.85. The van der Waals surface area contributed by atoms with Crippen molar-refractivity contribution >= 4 is 40.7 Å². The van der Waals surface area contributed by atoms with Crippen LogP contribution in [0.4, 0.5) is 0 Å². The first-order valence-electron chi connectivity index (χ1n) is 2.36. The Hall–Kier alpha value is 0.300. The zero-order valence-corrected chi connectivity index (χ0v) is 7.33. The molecule has 1 atom stereocenters. The summed E-state index contributed by atoms with van der Waals surface area (Å²) in [6.45, 7) is 1.21. The summed E-state index contributed by atoms with van der Waals surface area (Å²) in [5.41, 5.74) is 0. The molecule has 60 valence electrons. The summed E-state index contributed by atoms with van der Waals surface area (Å²) in [4.78, 5) is 10.3. The standard InChI is InChI=1S/C4H6Cl3NO2/c1-2(9)8-3(10)4(5,6)7/h3,10H,1H3,(H,8,9)/t3-/m1/s1. The fourth-order valence-corrected chi connectivity index (χ4v) is 0.438. The molecule has 3 nitrogen and oxygen atoms in total. The van der Waals surface area contributed by atoms with Crippen LogP contribution in [0.3, 0.4) is 0 Å². The van der Waals surface area contributed by atoms with Crippen LogP contribution in [0.25, 0.3) is 0 Å². The number of halogens is 3. The largest absolute Gasteiger partial charge is 0.369 e. The second-order valence-corrected chi connectivity index (χ2v) is 4.01. The van der Waals surface area contributed by atoms with E-state index in [0.29, 0.717) is 0 Å². The quantitative estimate of drug-likeness (QED) is 0.493. The summed E-state index contributed by atoms with van der Waals surface area (Å²) >= 11 is 15.6. The summed E-state index contributed by atoms with van der Waals surface area (Å²) in [7, 11) is 0. The zero-order valence-electron chi connectivity index (χ0n) is 5.07. The summed E-state index contributed by atoms with van der Waals surface area (Å²) < 4.78 is -1.87. The lowest BCUT2D eigenvalue weighted by Crippen LogP contribution is -2.42. The number of hydrogen-bond donors (Lipinski definition) is 2. The maximum atomic E-state index is 10.3. The molecule has 10 heavy (non-hydrogen) atoms. The molecule has 0 aliphatic heterocycles. The van der Waals surface area contributed by atoms with E-state index in [-0.39, 0.29) is 0 Å². The summed E-state index contributed by atoms with van der Waals surface area (Å²) in [5.74, 6) is -0.459. The molecule has 1 amide bonds. The average Bonchev–Trinajstić information content (AvgIpc) is 1.60. The first-order chi connectivity index (χ1) is 4.34. The number of aliphatic hydroxyl groups excluding tert-OH is 1. The van der Waals surface area contributed by atoms with Gasteiger partial charge < -0.3 is 10.4 Å². The van der Waals surface area contributed by atoms with Crippen molar-refractivity contribution in [2.24, 2.45) is 0 Å². The normalized spacial score (nSPS) is 14.5. The molecule has 0 bridgehead atoms. The molecule has 0 saturated heterocycles. The predicted octanol–water partition coefficient (Wildman–Crippen LogP) is 0.811. The Bertz CT molecular complexity index is 133. The molecule has 0 heterocycles. The number of carbonyl (C=O) groups excluding carboxylic acids is 1. The van der Waals surface area contributed by atoms with Gasteiger partial charge in [-0.05, 0) is 0 Å². The van der Waals surface area contributed by atoms with Crippen molar-refractivity contribution in [3.63, 3.8) is 0 Å². The van der Waals surface area contributed by atoms with Crippen LogP contribution in [0, 0.1) is 0 Å². The molecule has 0 rings (SSSR count). The fourth-order valence-electron chi connectivity index (χ4n) is 0.274. The van der Waals surface area contributed by atoms with E-state index in [4.69, 9.17) is 39.9 Å². The first-order valence-corrected chi connectivity index (χ1v) is 3.49. The van der Waals surface area contributed by atoms with Gasteiger partial charge in [0, 0.05) is 6.92 Å². The first kappa shape index (κ1) is 10.3. The van der Waals surface area contributed by atoms with Crippen LogP contribution in [-0.4, -0.2) is 21.0 Å². The number of aliphatic hydroxyl groups is 1. The molecule has 6 heteroatoms. The van der Waals surface area contributed by atoms with Gasteiger partial charge in [0.2, 0.25) is 9.70 Å². The summed E-state index contributed by atoms with van der Waals surface area (Å²) in [6, 6.07) is 0. The van der Waals surface area contributed by atoms with Crippen LogP contribution >= 0.6 is 34.8 Å². The molecule has 0 fully saturated rings. The Kier molecular flexibility index (Phi) is 3.73. The van der Waals surface area contributed by atoms with Crippen LogP contribution in [0.1, 0.15) is 6.92 Å². The number of carbonyl (C=O) groups is 1. The zero-order chi connectivity index (χ0) is 8.36. The van der Waals surface area contributed by atoms with Gasteiger partial charge in [-0.25, -0.2) is 0 Å². The van der Waals surface area contributed by atoms with Gasteiger partial charge in [-0.3, -0.25) is 4.79 Å². The van der Waals surface area contributed by atoms with Crippen LogP contribution in [0.15, 0.2) is 0 Å². The average molecular weight is 206 g/mol. The van der Waals surface area contributed by atoms with E-state index in [2.05, 4.69) is 0 Å². The molecule has 0 aliphatic rings. The van der Waals surface area contributed by atoms with Gasteiger partial charge in [0.25, 0.3) is 0 Å². The van der Waals surface area contributed by atoms with Gasteiger partial charge in [0.15, 0.2) is 6.23 Å². The molecule has 0 aliphatic carbocycles. The highest BCUT2D eigenvalue weighted by Gasteiger charge is 2.31. The van der Waals surface area contributed by atoms with Crippen molar-refractivity contribution in [2.45, 2.75) is 16.9 Å². The molecule has 0 aromatic carbocycles. The van der Waals surface area contributed by atoms with Crippen molar-refractivity contribution < 1.29 is 9.90 Å². The molecule has 2 N–H and O–H groups in total. The highest BCUT2D eigenvalue weighted by Crippen LogP contribution is 2.28. The van der Waals surface area contributed by atoms with Crippen molar-refractivity contribution in [2.75, 3.05) is 0 Å². The number of nitrogens with one attached hydrogen (secondary N) is 1. The van der Waals surface area contributed by atoms with Crippen LogP contribution < -0.4 is 5.32 Å². The molecule has 0 aromatic rings. The Labute approximate surface area is 73.2 Å². The van der Waals surface area contributed by atoms with E-state index in [0.717, 1.165) is 0 Å². The molecule has 0 unspecified atom stereocenters. The number of amides is 1. The van der Waals surface area contributed by atoms with Gasteiger partial charge in [-0.15, -0.1) is 0 Å². The Morgan fingerprint density at radius 3 is 2.10 bits per heavy atom. The lowest BCUT2D eigenvalue weighted by Gasteiger charge is -2.18. The lowest BCUT2D eigenvalue weighted by molar-refractivity contribution is -0.121. The van der Waals surface area contributed by atoms with Gasteiger partial charge in [0.05, 0.1) is 0 Å². The number of hydrogen-bond acceptors (Lipinski definition) is 2. The van der Waals surface area contributed by atoms with Crippen LogP contribution in [-0.2, 0) is 4.79 Å². The molecule has 0 spiro atoms. The van der Waals surface area contributed by atoms with Gasteiger partial charge in [0.1, 0.15) is 0 Å². The number of alkyl halides is 3. The highest BCUT2D eigenvalue weighted by atomic mass is 35.6. The smallest absolute Gasteiger partial charge is 0.234 e. The van der Waals surface area contributed by atoms with Gasteiger partial charge in [-0.2, -0.15) is 0 Å². The molecule has 0 saturated carbocycles. The van der Waals surface area contributed by atoms with E-state index in [1.807, 2.05) is 5.32 Å². The van der Waals surface area contributed by atoms with Crippen LogP contribution in [0.2, 0.25) is 0 Å². The van der Waals surface area contributed by atoms with Crippen molar-refractivity contribution in [3.8, 4) is 0 Å². The fraction of sp³-hybridized carbons (Fsp3) is 0.750. The summed E-state index contributed by atoms with van der Waals surface area (Å²) in [6.07, 6.45) is -1.46. The van der Waals surface area contributed by atoms with E-state index < -0.39 is 15.9 Å². The van der Waals surface area contributed by atoms with Crippen molar-refractivity contribution in [3.05, 3.63) is 0 Å². The number of rotatable bonds is 1. The molecular weight excluding hydrogens is 200 g/mol. The molecule has 0 aromatic heterocycles. The van der Waals surface area contributed by atoms with Crippen molar-refractivity contribution in [1.82, 2.24) is 5.32 Å². The SMILES string of the molecule is CC(=O)N[C@H](O)C(Cl)(Cl)Cl. The van der Waals surface area contributed by atoms with Crippen LogP contribution in [0.5, 0.6) is 0 Å². The Morgan fingerprint density at radius 2 is 2.00 bits per heavy atom. The third-order valence-corrected chi connectivity index (χ3v) is 1.27. The molecular formula is C4H6Cl3NO2. The van der Waals surface area contributed by atoms with E-state index >= 15 is 0 Å². The minimum atomic E-state index is -1.87. The maximum Gasteiger partial charge on any atom is 0.234 e. The van der Waals surface area contributed by atoms with E-state index in [1.54, 1.807) is 0 Å². The minimum absolute atomic E-state index is 0.459. The summed E-state index contributed by atoms with van der Waals surface area (Å²) in [5, 5.41) is 10.8. The maximum absolute atomic E-state index is 10.3. The second kappa shape index (κ2) is 3.62. The van der Waals surface area contributed by atoms with E-state index in [9.17, 15) is 4.79 Å². The van der Waals surface area contributed by atoms with Gasteiger partial charge >= 0.3 is 0 Å². The predicted molar refractivity (Wildman–Crippen MR) is 40.1 cm³/mol. The molecule has 0 radical (unpaired) electrons. The lowest BCUT2D eigenvalue weighted by atomic mass is 10.6. The highest BCUT2D eigenvalue weighted by molar-refractivity contribution is 6.68. The van der Waals surface area contributed by atoms with E-state index in [1.165, 1.54) is 6.92 Å².